The van der Waals surface area contributed by atoms with Crippen molar-refractivity contribution in [3.05, 3.63) is 59.5 Å². The Morgan fingerprint density at radius 1 is 1.21 bits per heavy atom. The van der Waals surface area contributed by atoms with Gasteiger partial charge >= 0.3 is 5.97 Å². The van der Waals surface area contributed by atoms with Gasteiger partial charge in [-0.2, -0.15) is 9.65 Å². The van der Waals surface area contributed by atoms with E-state index in [0.29, 0.717) is 12.8 Å². The van der Waals surface area contributed by atoms with Crippen LogP contribution >= 0.6 is 0 Å². The number of hydrogen-bond donors (Lipinski definition) is 0. The molecule has 0 bridgehead atoms. The molecule has 0 N–H and O–H groups in total. The number of hydrogen-bond acceptors (Lipinski definition) is 3. The maximum atomic E-state index is 13.1. The van der Waals surface area contributed by atoms with E-state index in [-0.39, 0.29) is 17.6 Å². The summed E-state index contributed by atoms with van der Waals surface area (Å²) in [5, 5.41) is 8.30. The van der Waals surface area contributed by atoms with E-state index < -0.39 is 23.4 Å². The number of carbonyl (C=O) groups is 1. The number of carbonyl (C=O) groups excluding carboxylic acids is 1. The quantitative estimate of drug-likeness (QED) is 0.458. The Bertz CT molecular complexity index is 699. The maximum Gasteiger partial charge on any atom is 0.338 e. The molecule has 24 heavy (non-hydrogen) atoms. The van der Waals surface area contributed by atoms with Crippen LogP contribution in [0.5, 0.6) is 0 Å². The molecule has 0 aromatic heterocycles. The van der Waals surface area contributed by atoms with E-state index in [0.717, 1.165) is 31.1 Å². The van der Waals surface area contributed by atoms with Crippen molar-refractivity contribution in [2.24, 2.45) is 5.92 Å². The lowest BCUT2D eigenvalue weighted by molar-refractivity contribution is 0.0184. The summed E-state index contributed by atoms with van der Waals surface area (Å²) in [6.07, 6.45) is 6.95. The SMILES string of the molecule is N#C/C(F)=C/C=C/[C@H]1CC[C@H](OC(=O)c2ccc(F)c(F)c2)CC1. The van der Waals surface area contributed by atoms with Gasteiger partial charge in [-0.25, -0.2) is 13.6 Å². The second kappa shape index (κ2) is 8.34. The fraction of sp³-hybridized carbons (Fsp3) is 0.333. The van der Waals surface area contributed by atoms with E-state index in [1.165, 1.54) is 18.2 Å². The predicted octanol–water partition coefficient (Wildman–Crippen LogP) is 4.61. The van der Waals surface area contributed by atoms with E-state index in [1.807, 2.05) is 6.08 Å². The minimum Gasteiger partial charge on any atom is -0.459 e. The van der Waals surface area contributed by atoms with Gasteiger partial charge in [0.25, 0.3) is 0 Å². The van der Waals surface area contributed by atoms with Crippen LogP contribution in [-0.4, -0.2) is 12.1 Å². The molecule has 2 rings (SSSR count). The molecule has 3 nitrogen and oxygen atoms in total. The van der Waals surface area contributed by atoms with Crippen LogP contribution in [-0.2, 0) is 4.74 Å². The van der Waals surface area contributed by atoms with Gasteiger partial charge in [0.1, 0.15) is 12.2 Å². The first kappa shape index (κ1) is 17.8. The van der Waals surface area contributed by atoms with Gasteiger partial charge in [-0.3, -0.25) is 0 Å². The first-order chi connectivity index (χ1) is 11.5. The van der Waals surface area contributed by atoms with Crippen LogP contribution in [0.4, 0.5) is 13.2 Å². The predicted molar refractivity (Wildman–Crippen MR) is 81.5 cm³/mol. The first-order valence-electron chi connectivity index (χ1n) is 7.59. The van der Waals surface area contributed by atoms with Crippen molar-refractivity contribution in [3.8, 4) is 6.07 Å². The van der Waals surface area contributed by atoms with Crippen molar-refractivity contribution in [3.63, 3.8) is 0 Å². The molecule has 0 spiro atoms. The minimum atomic E-state index is -1.09. The van der Waals surface area contributed by atoms with Crippen molar-refractivity contribution in [2.75, 3.05) is 0 Å². The monoisotopic (exact) mass is 335 g/mol. The Morgan fingerprint density at radius 2 is 1.92 bits per heavy atom. The fourth-order valence-corrected chi connectivity index (χ4v) is 2.58. The summed E-state index contributed by atoms with van der Waals surface area (Å²) in [4.78, 5) is 11.9. The third-order valence-electron chi connectivity index (χ3n) is 3.88. The fourth-order valence-electron chi connectivity index (χ4n) is 2.58. The van der Waals surface area contributed by atoms with Crippen molar-refractivity contribution < 1.29 is 22.7 Å². The molecule has 1 fully saturated rings. The molecule has 1 aromatic carbocycles. The lowest BCUT2D eigenvalue weighted by Crippen LogP contribution is -2.24. The van der Waals surface area contributed by atoms with Crippen molar-refractivity contribution in [1.82, 2.24) is 0 Å². The van der Waals surface area contributed by atoms with Crippen molar-refractivity contribution >= 4 is 5.97 Å². The topological polar surface area (TPSA) is 50.1 Å². The van der Waals surface area contributed by atoms with E-state index >= 15 is 0 Å². The van der Waals surface area contributed by atoms with Crippen molar-refractivity contribution in [2.45, 2.75) is 31.8 Å². The van der Waals surface area contributed by atoms with Gasteiger partial charge in [0.2, 0.25) is 0 Å². The van der Waals surface area contributed by atoms with Crippen LogP contribution in [0.3, 0.4) is 0 Å². The summed E-state index contributed by atoms with van der Waals surface area (Å²) in [5.74, 6) is -3.39. The van der Waals surface area contributed by atoms with Crippen LogP contribution in [0.1, 0.15) is 36.0 Å². The molecule has 1 saturated carbocycles. The molecule has 0 aliphatic heterocycles. The minimum absolute atomic E-state index is 0.0203. The highest BCUT2D eigenvalue weighted by molar-refractivity contribution is 5.89. The molecule has 0 unspecified atom stereocenters. The summed E-state index contributed by atoms with van der Waals surface area (Å²) >= 11 is 0. The van der Waals surface area contributed by atoms with E-state index in [1.54, 1.807) is 0 Å². The number of rotatable bonds is 4. The molecule has 0 atom stereocenters. The number of ether oxygens (including phenoxy) is 1. The molecule has 1 aromatic rings. The normalized spacial score (nSPS) is 21.5. The average molecular weight is 335 g/mol. The Morgan fingerprint density at radius 3 is 2.54 bits per heavy atom. The van der Waals surface area contributed by atoms with Gasteiger partial charge in [-0.1, -0.05) is 12.2 Å². The van der Waals surface area contributed by atoms with Crippen LogP contribution in [0.2, 0.25) is 0 Å². The molecule has 0 radical (unpaired) electrons. The van der Waals surface area contributed by atoms with Gasteiger partial charge in [-0.05, 0) is 55.9 Å². The summed E-state index contributed by atoms with van der Waals surface area (Å²) in [6.45, 7) is 0. The van der Waals surface area contributed by atoms with E-state index in [9.17, 15) is 18.0 Å². The zero-order chi connectivity index (χ0) is 17.5. The number of esters is 1. The summed E-state index contributed by atoms with van der Waals surface area (Å²) < 4.78 is 43.9. The number of nitriles is 1. The highest BCUT2D eigenvalue weighted by Gasteiger charge is 2.23. The third kappa shape index (κ3) is 4.98. The highest BCUT2D eigenvalue weighted by Crippen LogP contribution is 2.28. The molecule has 0 amide bonds. The van der Waals surface area contributed by atoms with E-state index in [2.05, 4.69) is 0 Å². The van der Waals surface area contributed by atoms with E-state index in [4.69, 9.17) is 10.00 Å². The number of nitrogens with zero attached hydrogens (tertiary/aromatic N) is 1. The Labute approximate surface area is 138 Å². The third-order valence-corrected chi connectivity index (χ3v) is 3.88. The lowest BCUT2D eigenvalue weighted by atomic mass is 9.87. The molecule has 1 aliphatic carbocycles. The van der Waals surface area contributed by atoms with Gasteiger partial charge in [0, 0.05) is 0 Å². The summed E-state index contributed by atoms with van der Waals surface area (Å²) in [6, 6.07) is 4.29. The van der Waals surface area contributed by atoms with Gasteiger partial charge in [0.15, 0.2) is 17.5 Å². The maximum absolute atomic E-state index is 13.1. The molecule has 0 heterocycles. The summed E-state index contributed by atoms with van der Waals surface area (Å²) in [5.41, 5.74) is -0.0203. The Hall–Kier alpha value is -2.55. The second-order valence-corrected chi connectivity index (χ2v) is 5.58. The molecule has 0 saturated heterocycles. The number of allylic oxidation sites excluding steroid dienone is 4. The zero-order valence-corrected chi connectivity index (χ0v) is 12.8. The van der Waals surface area contributed by atoms with Gasteiger partial charge in [-0.15, -0.1) is 0 Å². The van der Waals surface area contributed by atoms with Crippen molar-refractivity contribution in [1.29, 1.82) is 5.26 Å². The number of benzene rings is 1. The van der Waals surface area contributed by atoms with Crippen LogP contribution in [0, 0.1) is 28.9 Å². The standard InChI is InChI=1S/C18H16F3NO2/c19-14(11-22)3-1-2-12-4-7-15(8-5-12)24-18(23)13-6-9-16(20)17(21)10-13/h1-3,6,9-10,12,15H,4-5,7-8H2/b2-1+,14-3-/t12-,15-. The van der Waals surface area contributed by atoms with Gasteiger partial charge in [0.05, 0.1) is 5.56 Å². The Balaban J connectivity index is 1.83. The zero-order valence-electron chi connectivity index (χ0n) is 12.8. The largest absolute Gasteiger partial charge is 0.459 e. The molecule has 126 valence electrons. The average Bonchev–Trinajstić information content (AvgIpc) is 2.58. The Kier molecular flexibility index (Phi) is 6.19. The van der Waals surface area contributed by atoms with Crippen LogP contribution in [0.25, 0.3) is 0 Å². The van der Waals surface area contributed by atoms with Crippen LogP contribution < -0.4 is 0 Å². The molecular formula is C18H16F3NO2. The first-order valence-corrected chi connectivity index (χ1v) is 7.59. The lowest BCUT2D eigenvalue weighted by Gasteiger charge is -2.26. The molecule has 6 heteroatoms. The highest BCUT2D eigenvalue weighted by atomic mass is 19.2. The molecular weight excluding hydrogens is 319 g/mol. The smallest absolute Gasteiger partial charge is 0.338 e. The second-order valence-electron chi connectivity index (χ2n) is 5.58. The van der Waals surface area contributed by atoms with Gasteiger partial charge < -0.3 is 4.74 Å². The summed E-state index contributed by atoms with van der Waals surface area (Å²) in [7, 11) is 0. The molecule has 1 aliphatic rings. The number of halogens is 3. The van der Waals surface area contributed by atoms with Crippen LogP contribution in [0.15, 0.2) is 42.3 Å².